The van der Waals surface area contributed by atoms with Gasteiger partial charge in [0.1, 0.15) is 0 Å². The highest BCUT2D eigenvalue weighted by atomic mass is 15.0. The molecule has 0 bridgehead atoms. The Morgan fingerprint density at radius 2 is 0.525 bits per heavy atom. The molecule has 0 saturated carbocycles. The summed E-state index contributed by atoms with van der Waals surface area (Å²) in [5.41, 5.74) is 18.2. The van der Waals surface area contributed by atoms with E-state index in [9.17, 15) is 0 Å². The number of nitrogens with zero attached hydrogens (tertiary/aromatic N) is 3. The molecule has 3 heterocycles. The summed E-state index contributed by atoms with van der Waals surface area (Å²) in [5, 5.41) is 2.51. The first-order chi connectivity index (χ1) is 30.2. The zero-order valence-electron chi connectivity index (χ0n) is 33.4. The molecule has 0 aliphatic carbocycles. The first-order valence-corrected chi connectivity index (χ1v) is 20.7. The zero-order chi connectivity index (χ0) is 40.5. The van der Waals surface area contributed by atoms with E-state index in [0.29, 0.717) is 0 Å². The SMILES string of the molecule is c1ccc(-c2cc(-c3cc(-c4ccc(-n5c6ccccc6c6ccccc65)cc4)cc(-c4cc(-c5ccccc5)nc(-c5ccccc5)c4)c3)cc(-c3ccccc3)n2)cc1. The summed E-state index contributed by atoms with van der Waals surface area (Å²) in [7, 11) is 0. The molecular weight excluding hydrogens is 739 g/mol. The minimum Gasteiger partial charge on any atom is -0.309 e. The number of benzene rings is 8. The van der Waals surface area contributed by atoms with Crippen molar-refractivity contribution in [3.05, 3.63) is 237 Å². The molecule has 3 heteroatoms. The second-order valence-corrected chi connectivity index (χ2v) is 15.4. The number of pyridine rings is 2. The number of rotatable bonds is 8. The fraction of sp³-hybridized carbons (Fsp3) is 0. The van der Waals surface area contributed by atoms with Gasteiger partial charge in [0.05, 0.1) is 33.8 Å². The van der Waals surface area contributed by atoms with Gasteiger partial charge >= 0.3 is 0 Å². The highest BCUT2D eigenvalue weighted by Gasteiger charge is 2.16. The fourth-order valence-corrected chi connectivity index (χ4v) is 8.55. The van der Waals surface area contributed by atoms with Gasteiger partial charge in [0.2, 0.25) is 0 Å². The highest BCUT2D eigenvalue weighted by Crippen LogP contribution is 2.39. The van der Waals surface area contributed by atoms with Crippen molar-refractivity contribution in [3.63, 3.8) is 0 Å². The largest absolute Gasteiger partial charge is 0.309 e. The molecule has 0 atom stereocenters. The summed E-state index contributed by atoms with van der Waals surface area (Å²) in [6.07, 6.45) is 0. The highest BCUT2D eigenvalue weighted by molar-refractivity contribution is 6.09. The zero-order valence-corrected chi connectivity index (χ0v) is 33.4. The van der Waals surface area contributed by atoms with Crippen molar-refractivity contribution < 1.29 is 0 Å². The maximum absolute atomic E-state index is 5.22. The smallest absolute Gasteiger partial charge is 0.0715 e. The predicted molar refractivity (Wildman–Crippen MR) is 254 cm³/mol. The average molecular weight is 778 g/mol. The van der Waals surface area contributed by atoms with E-state index in [1.54, 1.807) is 0 Å². The van der Waals surface area contributed by atoms with Gasteiger partial charge in [0.15, 0.2) is 0 Å². The quantitative estimate of drug-likeness (QED) is 0.154. The lowest BCUT2D eigenvalue weighted by atomic mass is 9.91. The van der Waals surface area contributed by atoms with Gasteiger partial charge in [-0.15, -0.1) is 0 Å². The normalized spacial score (nSPS) is 11.3. The summed E-state index contributed by atoms with van der Waals surface area (Å²) in [4.78, 5) is 10.4. The molecule has 286 valence electrons. The van der Waals surface area contributed by atoms with Crippen LogP contribution >= 0.6 is 0 Å². The van der Waals surface area contributed by atoms with E-state index >= 15 is 0 Å². The fourth-order valence-electron chi connectivity index (χ4n) is 8.55. The predicted octanol–water partition coefficient (Wildman–Crippen LogP) is 15.2. The number of hydrogen-bond acceptors (Lipinski definition) is 2. The van der Waals surface area contributed by atoms with Crippen molar-refractivity contribution in [1.82, 2.24) is 14.5 Å². The minimum atomic E-state index is 0.932. The third kappa shape index (κ3) is 6.98. The van der Waals surface area contributed by atoms with Gasteiger partial charge in [-0.1, -0.05) is 170 Å². The molecule has 0 spiro atoms. The standard InChI is InChI=1S/C58H39N3/c1-5-17-41(18-6-1)53-36-48(37-54(59-53)42-19-7-2-8-20-42)46-33-45(40-29-31-50(32-30-40)61-57-27-15-13-25-51(57)52-26-14-16-28-58(52)61)34-47(35-46)49-38-55(43-21-9-3-10-22-43)60-56(39-49)44-23-11-4-12-24-44/h1-39H. The van der Waals surface area contributed by atoms with E-state index in [2.05, 4.69) is 241 Å². The monoisotopic (exact) mass is 777 g/mol. The van der Waals surface area contributed by atoms with Crippen molar-refractivity contribution in [2.45, 2.75) is 0 Å². The molecule has 0 radical (unpaired) electrons. The molecule has 0 saturated heterocycles. The number of para-hydroxylation sites is 2. The first-order valence-electron chi connectivity index (χ1n) is 20.7. The molecule has 11 aromatic rings. The van der Waals surface area contributed by atoms with Crippen LogP contribution in [-0.2, 0) is 0 Å². The Labute approximate surface area is 355 Å². The van der Waals surface area contributed by atoms with E-state index in [4.69, 9.17) is 9.97 Å². The molecule has 0 fully saturated rings. The first kappa shape index (κ1) is 36.0. The molecule has 11 rings (SSSR count). The van der Waals surface area contributed by atoms with Crippen LogP contribution in [0.5, 0.6) is 0 Å². The maximum atomic E-state index is 5.22. The van der Waals surface area contributed by atoms with Gasteiger partial charge in [0, 0.05) is 38.7 Å². The topological polar surface area (TPSA) is 30.7 Å². The Bertz CT molecular complexity index is 3000. The summed E-state index contributed by atoms with van der Waals surface area (Å²) in [5.74, 6) is 0. The van der Waals surface area contributed by atoms with Crippen LogP contribution in [0.4, 0.5) is 0 Å². The number of aromatic nitrogens is 3. The minimum absolute atomic E-state index is 0.932. The van der Waals surface area contributed by atoms with E-state index < -0.39 is 0 Å². The third-order valence-electron chi connectivity index (χ3n) is 11.6. The van der Waals surface area contributed by atoms with Crippen molar-refractivity contribution in [1.29, 1.82) is 0 Å². The van der Waals surface area contributed by atoms with Gasteiger partial charge in [-0.05, 0) is 100 Å². The van der Waals surface area contributed by atoms with Crippen LogP contribution in [0.25, 0.3) is 106 Å². The van der Waals surface area contributed by atoms with E-state index in [-0.39, 0.29) is 0 Å². The Hall–Kier alpha value is -8.14. The van der Waals surface area contributed by atoms with Crippen LogP contribution in [0.1, 0.15) is 0 Å². The third-order valence-corrected chi connectivity index (χ3v) is 11.6. The van der Waals surface area contributed by atoms with E-state index in [1.807, 2.05) is 0 Å². The van der Waals surface area contributed by atoms with Gasteiger partial charge in [-0.25, -0.2) is 9.97 Å². The number of hydrogen-bond donors (Lipinski definition) is 0. The molecular formula is C58H39N3. The van der Waals surface area contributed by atoms with Gasteiger partial charge in [0.25, 0.3) is 0 Å². The van der Waals surface area contributed by atoms with E-state index in [1.165, 1.54) is 21.8 Å². The lowest BCUT2D eigenvalue weighted by molar-refractivity contribution is 1.18. The van der Waals surface area contributed by atoms with Crippen molar-refractivity contribution in [2.75, 3.05) is 0 Å². The van der Waals surface area contributed by atoms with Crippen molar-refractivity contribution in [3.8, 4) is 84.1 Å². The molecule has 0 aliphatic rings. The molecule has 3 aromatic heterocycles. The van der Waals surface area contributed by atoms with Crippen LogP contribution < -0.4 is 0 Å². The Morgan fingerprint density at radius 3 is 0.885 bits per heavy atom. The average Bonchev–Trinajstić information content (AvgIpc) is 3.69. The summed E-state index contributed by atoms with van der Waals surface area (Å²) in [6, 6.07) is 84.1. The van der Waals surface area contributed by atoms with Crippen LogP contribution in [0.3, 0.4) is 0 Å². The van der Waals surface area contributed by atoms with Gasteiger partial charge < -0.3 is 4.57 Å². The van der Waals surface area contributed by atoms with Crippen LogP contribution in [-0.4, -0.2) is 14.5 Å². The van der Waals surface area contributed by atoms with Crippen LogP contribution in [0.15, 0.2) is 237 Å². The molecule has 0 N–H and O–H groups in total. The van der Waals surface area contributed by atoms with Crippen LogP contribution in [0.2, 0.25) is 0 Å². The molecule has 8 aromatic carbocycles. The molecule has 61 heavy (non-hydrogen) atoms. The van der Waals surface area contributed by atoms with Crippen molar-refractivity contribution >= 4 is 21.8 Å². The maximum Gasteiger partial charge on any atom is 0.0715 e. The van der Waals surface area contributed by atoms with Gasteiger partial charge in [-0.2, -0.15) is 0 Å². The van der Waals surface area contributed by atoms with Crippen LogP contribution in [0, 0.1) is 0 Å². The Kier molecular flexibility index (Phi) is 9.18. The molecule has 0 amide bonds. The molecule has 0 unspecified atom stereocenters. The summed E-state index contributed by atoms with van der Waals surface area (Å²) in [6.45, 7) is 0. The van der Waals surface area contributed by atoms with Crippen molar-refractivity contribution in [2.24, 2.45) is 0 Å². The lowest BCUT2D eigenvalue weighted by Gasteiger charge is -2.16. The summed E-state index contributed by atoms with van der Waals surface area (Å²) >= 11 is 0. The summed E-state index contributed by atoms with van der Waals surface area (Å²) < 4.78 is 2.37. The van der Waals surface area contributed by atoms with Gasteiger partial charge in [-0.3, -0.25) is 0 Å². The Morgan fingerprint density at radius 1 is 0.230 bits per heavy atom. The second-order valence-electron chi connectivity index (χ2n) is 15.4. The molecule has 3 nitrogen and oxygen atoms in total. The van der Waals surface area contributed by atoms with E-state index in [0.717, 1.165) is 84.1 Å². The number of fused-ring (bicyclic) bond motifs is 3. The second kappa shape index (κ2) is 15.6. The molecule has 0 aliphatic heterocycles. The Balaban J connectivity index is 1.12. The lowest BCUT2D eigenvalue weighted by Crippen LogP contribution is -1.95.